The van der Waals surface area contributed by atoms with Crippen LogP contribution in [0.1, 0.15) is 40.6 Å². The molecule has 106 valence electrons. The largest absolute Gasteiger partial charge is 0.477 e. The monoisotopic (exact) mass is 285 g/mol. The number of carboxylic acid groups (broad SMARTS) is 1. The van der Waals surface area contributed by atoms with E-state index in [0.29, 0.717) is 23.0 Å². The molecule has 0 unspecified atom stereocenters. The van der Waals surface area contributed by atoms with E-state index in [0.717, 1.165) is 11.3 Å². The summed E-state index contributed by atoms with van der Waals surface area (Å²) in [5.74, 6) is -0.885. The lowest BCUT2D eigenvalue weighted by Gasteiger charge is -2.13. The summed E-state index contributed by atoms with van der Waals surface area (Å²) in [7, 11) is 0. The van der Waals surface area contributed by atoms with Crippen molar-refractivity contribution < 1.29 is 14.7 Å². The number of nitrogens with one attached hydrogen (secondary N) is 1. The minimum absolute atomic E-state index is 0.204. The molecule has 19 heavy (non-hydrogen) atoms. The van der Waals surface area contributed by atoms with Crippen LogP contribution in [0.4, 0.5) is 0 Å². The Morgan fingerprint density at radius 2 is 2.11 bits per heavy atom. The number of hydrogen-bond donors (Lipinski definition) is 3. The number of carbonyl (C=O) groups excluding carboxylic acids is 1. The van der Waals surface area contributed by atoms with Crippen molar-refractivity contribution in [1.29, 1.82) is 0 Å². The van der Waals surface area contributed by atoms with E-state index >= 15 is 0 Å². The fourth-order valence-corrected chi connectivity index (χ4v) is 2.48. The Balaban J connectivity index is 2.55. The van der Waals surface area contributed by atoms with Gasteiger partial charge in [-0.15, -0.1) is 11.3 Å². The van der Waals surface area contributed by atoms with Gasteiger partial charge >= 0.3 is 5.97 Å². The fraction of sp³-hybridized carbons (Fsp3) is 0.583. The van der Waals surface area contributed by atoms with Crippen LogP contribution in [0.3, 0.4) is 0 Å². The summed E-state index contributed by atoms with van der Waals surface area (Å²) < 4.78 is 0. The third-order valence-electron chi connectivity index (χ3n) is 2.51. The van der Waals surface area contributed by atoms with Crippen LogP contribution < -0.4 is 11.1 Å². The predicted octanol–water partition coefficient (Wildman–Crippen LogP) is 1.14. The lowest BCUT2D eigenvalue weighted by Crippen LogP contribution is -2.40. The zero-order valence-electron chi connectivity index (χ0n) is 11.3. The Labute approximate surface area is 116 Å². The molecule has 0 spiro atoms. The van der Waals surface area contributed by atoms with E-state index in [9.17, 15) is 9.59 Å². The summed E-state index contributed by atoms with van der Waals surface area (Å²) in [6.45, 7) is 5.84. The van der Waals surface area contributed by atoms with Gasteiger partial charge in [-0.1, -0.05) is 13.8 Å². The first kappa shape index (κ1) is 15.6. The quantitative estimate of drug-likeness (QED) is 0.727. The molecule has 1 amide bonds. The zero-order chi connectivity index (χ0) is 14.6. The minimum atomic E-state index is -0.996. The number of rotatable bonds is 6. The summed E-state index contributed by atoms with van der Waals surface area (Å²) in [5, 5.41) is 12.2. The highest BCUT2D eigenvalue weighted by molar-refractivity contribution is 7.13. The van der Waals surface area contributed by atoms with Gasteiger partial charge in [0.05, 0.1) is 18.3 Å². The predicted molar refractivity (Wildman–Crippen MR) is 73.1 cm³/mol. The molecule has 1 rings (SSSR count). The van der Waals surface area contributed by atoms with E-state index in [1.54, 1.807) is 6.92 Å². The van der Waals surface area contributed by atoms with Gasteiger partial charge in [-0.25, -0.2) is 9.78 Å². The second-order valence-corrected chi connectivity index (χ2v) is 5.86. The first-order valence-electron chi connectivity index (χ1n) is 6.04. The van der Waals surface area contributed by atoms with Crippen molar-refractivity contribution in [3.63, 3.8) is 0 Å². The Bertz CT molecular complexity index is 471. The van der Waals surface area contributed by atoms with Crippen molar-refractivity contribution in [2.24, 2.45) is 11.7 Å². The van der Waals surface area contributed by atoms with E-state index in [1.807, 2.05) is 13.8 Å². The van der Waals surface area contributed by atoms with Crippen molar-refractivity contribution in [1.82, 2.24) is 10.3 Å². The van der Waals surface area contributed by atoms with Crippen LogP contribution in [0, 0.1) is 12.8 Å². The van der Waals surface area contributed by atoms with Gasteiger partial charge in [-0.3, -0.25) is 4.79 Å². The van der Waals surface area contributed by atoms with E-state index < -0.39 is 12.0 Å². The molecule has 1 aromatic heterocycles. The van der Waals surface area contributed by atoms with Crippen molar-refractivity contribution in [2.75, 3.05) is 0 Å². The van der Waals surface area contributed by atoms with Crippen LogP contribution in [-0.4, -0.2) is 28.0 Å². The maximum atomic E-state index is 11.7. The number of thiazole rings is 1. The zero-order valence-corrected chi connectivity index (χ0v) is 12.1. The van der Waals surface area contributed by atoms with Gasteiger partial charge in [0.15, 0.2) is 0 Å². The third kappa shape index (κ3) is 4.60. The van der Waals surface area contributed by atoms with Crippen LogP contribution in [0.2, 0.25) is 0 Å². The number of amides is 1. The summed E-state index contributed by atoms with van der Waals surface area (Å²) in [5.41, 5.74) is 6.21. The minimum Gasteiger partial charge on any atom is -0.477 e. The smallest absolute Gasteiger partial charge is 0.347 e. The van der Waals surface area contributed by atoms with Gasteiger partial charge in [-0.05, 0) is 19.3 Å². The first-order chi connectivity index (χ1) is 8.81. The van der Waals surface area contributed by atoms with E-state index in [1.165, 1.54) is 0 Å². The molecule has 0 aliphatic rings. The topological polar surface area (TPSA) is 105 Å². The van der Waals surface area contributed by atoms with Gasteiger partial charge < -0.3 is 16.2 Å². The summed E-state index contributed by atoms with van der Waals surface area (Å²) in [4.78, 5) is 26.9. The molecule has 0 fully saturated rings. The first-order valence-corrected chi connectivity index (χ1v) is 6.85. The number of carboxylic acids is 1. The third-order valence-corrected chi connectivity index (χ3v) is 3.66. The molecule has 6 nitrogen and oxygen atoms in total. The standard InChI is InChI=1S/C12H19N3O3S/c1-6(2)4-8(13)11(16)14-5-9-15-7(3)10(19-9)12(17)18/h6,8H,4-5,13H2,1-3H3,(H,14,16)(H,17,18)/t8-/m1/s1. The molecule has 0 aromatic carbocycles. The lowest BCUT2D eigenvalue weighted by atomic mass is 10.0. The summed E-state index contributed by atoms with van der Waals surface area (Å²) in [6, 6.07) is -0.542. The van der Waals surface area contributed by atoms with Gasteiger partial charge in [0, 0.05) is 0 Å². The van der Waals surface area contributed by atoms with Crippen molar-refractivity contribution in [3.05, 3.63) is 15.6 Å². The van der Waals surface area contributed by atoms with Gasteiger partial charge in [0.25, 0.3) is 0 Å². The summed E-state index contributed by atoms with van der Waals surface area (Å²) >= 11 is 1.07. The molecule has 4 N–H and O–H groups in total. The van der Waals surface area contributed by atoms with Crippen molar-refractivity contribution in [3.8, 4) is 0 Å². The second kappa shape index (κ2) is 6.63. The number of nitrogens with two attached hydrogens (primary N) is 1. The molecule has 0 saturated heterocycles. The molecule has 1 aromatic rings. The highest BCUT2D eigenvalue weighted by Crippen LogP contribution is 2.17. The molecule has 0 bridgehead atoms. The maximum Gasteiger partial charge on any atom is 0.347 e. The molecule has 0 aliphatic heterocycles. The molecular formula is C12H19N3O3S. The van der Waals surface area contributed by atoms with Crippen LogP contribution in [-0.2, 0) is 11.3 Å². The van der Waals surface area contributed by atoms with Gasteiger partial charge in [-0.2, -0.15) is 0 Å². The fourth-order valence-electron chi connectivity index (χ4n) is 1.64. The summed E-state index contributed by atoms with van der Waals surface area (Å²) in [6.07, 6.45) is 0.614. The average molecular weight is 285 g/mol. The Morgan fingerprint density at radius 3 is 2.58 bits per heavy atom. The van der Waals surface area contributed by atoms with Crippen molar-refractivity contribution in [2.45, 2.75) is 39.8 Å². The van der Waals surface area contributed by atoms with Gasteiger partial charge in [0.1, 0.15) is 9.88 Å². The van der Waals surface area contributed by atoms with Gasteiger partial charge in [0.2, 0.25) is 5.91 Å². The van der Waals surface area contributed by atoms with Crippen LogP contribution in [0.15, 0.2) is 0 Å². The molecule has 0 aliphatic carbocycles. The van der Waals surface area contributed by atoms with E-state index in [-0.39, 0.29) is 17.3 Å². The van der Waals surface area contributed by atoms with E-state index in [4.69, 9.17) is 10.8 Å². The average Bonchev–Trinajstić information content (AvgIpc) is 2.66. The lowest BCUT2D eigenvalue weighted by molar-refractivity contribution is -0.122. The number of aryl methyl sites for hydroxylation is 1. The molecule has 0 radical (unpaired) electrons. The SMILES string of the molecule is Cc1nc(CNC(=O)[C@H](N)CC(C)C)sc1C(=O)O. The van der Waals surface area contributed by atoms with Crippen LogP contribution >= 0.6 is 11.3 Å². The van der Waals surface area contributed by atoms with Crippen LogP contribution in [0.25, 0.3) is 0 Å². The molecule has 0 saturated carbocycles. The molecule has 7 heteroatoms. The maximum absolute atomic E-state index is 11.7. The Kier molecular flexibility index (Phi) is 5.44. The van der Waals surface area contributed by atoms with Crippen molar-refractivity contribution >= 4 is 23.2 Å². The second-order valence-electron chi connectivity index (χ2n) is 4.78. The highest BCUT2D eigenvalue weighted by atomic mass is 32.1. The number of aromatic carboxylic acids is 1. The number of carbonyl (C=O) groups is 2. The molecular weight excluding hydrogens is 266 g/mol. The molecule has 1 heterocycles. The normalized spacial score (nSPS) is 12.5. The molecule has 1 atom stereocenters. The van der Waals surface area contributed by atoms with Crippen LogP contribution in [0.5, 0.6) is 0 Å². The van der Waals surface area contributed by atoms with E-state index in [2.05, 4.69) is 10.3 Å². The highest BCUT2D eigenvalue weighted by Gasteiger charge is 2.17. The number of hydrogen-bond acceptors (Lipinski definition) is 5. The number of aromatic nitrogens is 1. The number of nitrogens with zero attached hydrogens (tertiary/aromatic N) is 1. The Morgan fingerprint density at radius 1 is 1.47 bits per heavy atom. The Hall–Kier alpha value is -1.47.